The van der Waals surface area contributed by atoms with E-state index >= 15 is 0 Å². The molecule has 0 aromatic heterocycles. The summed E-state index contributed by atoms with van der Waals surface area (Å²) >= 11 is 5.21. The molecule has 6 heteroatoms. The maximum atomic E-state index is 5.30. The molecule has 0 unspecified atom stereocenters. The topological polar surface area (TPSA) is 51.8 Å². The Morgan fingerprint density at radius 2 is 2.21 bits per heavy atom. The van der Waals surface area contributed by atoms with Crippen LogP contribution in [0.15, 0.2) is 18.2 Å². The van der Waals surface area contributed by atoms with Crippen LogP contribution in [0.1, 0.15) is 13.3 Å². The van der Waals surface area contributed by atoms with Crippen LogP contribution < -0.4 is 20.1 Å². The fourth-order valence-corrected chi connectivity index (χ4v) is 1.89. The normalized spacial score (nSPS) is 12.3. The molecule has 0 spiro atoms. The highest BCUT2D eigenvalue weighted by atomic mass is 32.1. The van der Waals surface area contributed by atoms with Crippen LogP contribution in [0, 0.1) is 0 Å². The van der Waals surface area contributed by atoms with Crippen LogP contribution in [0.2, 0.25) is 0 Å². The molecule has 0 saturated heterocycles. The third kappa shape index (κ3) is 4.25. The van der Waals surface area contributed by atoms with Crippen molar-refractivity contribution in [3.8, 4) is 11.5 Å². The zero-order valence-corrected chi connectivity index (χ0v) is 11.7. The van der Waals surface area contributed by atoms with E-state index in [1.807, 2.05) is 25.1 Å². The standard InChI is InChI=1S/C13H18N2O3S/c1-2-16-7-3-6-14-13(19)15-10-4-5-11-12(8-10)18-9-17-11/h4-5,8H,2-3,6-7,9H2,1H3,(H2,14,15,19). The Bertz CT molecular complexity index is 440. The van der Waals surface area contributed by atoms with Gasteiger partial charge in [-0.05, 0) is 37.7 Å². The zero-order chi connectivity index (χ0) is 13.5. The first-order chi connectivity index (χ1) is 9.29. The third-order valence-electron chi connectivity index (χ3n) is 2.59. The van der Waals surface area contributed by atoms with E-state index in [-0.39, 0.29) is 6.79 Å². The maximum Gasteiger partial charge on any atom is 0.231 e. The minimum atomic E-state index is 0.277. The van der Waals surface area contributed by atoms with E-state index in [4.69, 9.17) is 26.4 Å². The van der Waals surface area contributed by atoms with Crippen molar-refractivity contribution in [2.75, 3.05) is 31.9 Å². The molecule has 0 atom stereocenters. The molecule has 1 aromatic rings. The smallest absolute Gasteiger partial charge is 0.231 e. The molecule has 1 heterocycles. The van der Waals surface area contributed by atoms with E-state index in [1.54, 1.807) is 0 Å². The van der Waals surface area contributed by atoms with Gasteiger partial charge in [0.2, 0.25) is 6.79 Å². The first-order valence-corrected chi connectivity index (χ1v) is 6.72. The first-order valence-electron chi connectivity index (χ1n) is 6.32. The van der Waals surface area contributed by atoms with Crippen molar-refractivity contribution >= 4 is 23.0 Å². The quantitative estimate of drug-likeness (QED) is 0.616. The molecule has 0 fully saturated rings. The van der Waals surface area contributed by atoms with Crippen molar-refractivity contribution in [3.63, 3.8) is 0 Å². The van der Waals surface area contributed by atoms with Gasteiger partial charge in [-0.25, -0.2) is 0 Å². The molecule has 0 aliphatic carbocycles. The molecule has 1 aliphatic heterocycles. The highest BCUT2D eigenvalue weighted by molar-refractivity contribution is 7.80. The lowest BCUT2D eigenvalue weighted by atomic mass is 10.3. The molecular weight excluding hydrogens is 264 g/mol. The van der Waals surface area contributed by atoms with E-state index in [1.165, 1.54) is 0 Å². The van der Waals surface area contributed by atoms with Crippen LogP contribution in [0.4, 0.5) is 5.69 Å². The molecule has 0 amide bonds. The molecule has 104 valence electrons. The van der Waals surface area contributed by atoms with Crippen LogP contribution in [-0.4, -0.2) is 31.7 Å². The number of anilines is 1. The predicted octanol–water partition coefficient (Wildman–Crippen LogP) is 2.13. The van der Waals surface area contributed by atoms with Crippen molar-refractivity contribution in [1.82, 2.24) is 5.32 Å². The van der Waals surface area contributed by atoms with E-state index in [0.717, 1.165) is 43.4 Å². The summed E-state index contributed by atoms with van der Waals surface area (Å²) in [4.78, 5) is 0. The second-order valence-electron chi connectivity index (χ2n) is 4.00. The molecule has 5 nitrogen and oxygen atoms in total. The van der Waals surface area contributed by atoms with Crippen molar-refractivity contribution in [2.24, 2.45) is 0 Å². The van der Waals surface area contributed by atoms with Crippen LogP contribution in [0.3, 0.4) is 0 Å². The molecule has 19 heavy (non-hydrogen) atoms. The summed E-state index contributed by atoms with van der Waals surface area (Å²) < 4.78 is 15.8. The van der Waals surface area contributed by atoms with Crippen LogP contribution in [0.5, 0.6) is 11.5 Å². The second kappa shape index (κ2) is 7.16. The van der Waals surface area contributed by atoms with Crippen LogP contribution in [0.25, 0.3) is 0 Å². The minimum absolute atomic E-state index is 0.277. The average Bonchev–Trinajstić information content (AvgIpc) is 2.86. The van der Waals surface area contributed by atoms with Crippen molar-refractivity contribution < 1.29 is 14.2 Å². The Kier molecular flexibility index (Phi) is 5.23. The zero-order valence-electron chi connectivity index (χ0n) is 10.9. The van der Waals surface area contributed by atoms with E-state index in [2.05, 4.69) is 10.6 Å². The Morgan fingerprint density at radius 1 is 1.37 bits per heavy atom. The van der Waals surface area contributed by atoms with Gasteiger partial charge in [0, 0.05) is 31.5 Å². The molecule has 0 bridgehead atoms. The molecule has 2 rings (SSSR count). The third-order valence-corrected chi connectivity index (χ3v) is 2.83. The predicted molar refractivity (Wildman–Crippen MR) is 77.9 cm³/mol. The molecule has 0 radical (unpaired) electrons. The monoisotopic (exact) mass is 282 g/mol. The Labute approximate surface area is 118 Å². The van der Waals surface area contributed by atoms with Gasteiger partial charge in [-0.2, -0.15) is 0 Å². The summed E-state index contributed by atoms with van der Waals surface area (Å²) in [6.07, 6.45) is 0.927. The summed E-state index contributed by atoms with van der Waals surface area (Å²) in [6.45, 7) is 4.55. The van der Waals surface area contributed by atoms with Gasteiger partial charge >= 0.3 is 0 Å². The van der Waals surface area contributed by atoms with Gasteiger partial charge in [-0.15, -0.1) is 0 Å². The lowest BCUT2D eigenvalue weighted by Crippen LogP contribution is -2.29. The SMILES string of the molecule is CCOCCCNC(=S)Nc1ccc2c(c1)OCO2. The first kappa shape index (κ1) is 13.9. The number of hydrogen-bond donors (Lipinski definition) is 2. The second-order valence-corrected chi connectivity index (χ2v) is 4.41. The van der Waals surface area contributed by atoms with Gasteiger partial charge in [0.05, 0.1) is 0 Å². The lowest BCUT2D eigenvalue weighted by Gasteiger charge is -2.10. The molecule has 0 saturated carbocycles. The molecular formula is C13H18N2O3S. The van der Waals surface area contributed by atoms with Crippen molar-refractivity contribution in [2.45, 2.75) is 13.3 Å². The molecule has 1 aromatic carbocycles. The van der Waals surface area contributed by atoms with Gasteiger partial charge in [-0.1, -0.05) is 0 Å². The maximum absolute atomic E-state index is 5.30. The fraction of sp³-hybridized carbons (Fsp3) is 0.462. The highest BCUT2D eigenvalue weighted by Gasteiger charge is 2.13. The summed E-state index contributed by atoms with van der Waals surface area (Å²) in [7, 11) is 0. The number of ether oxygens (including phenoxy) is 3. The van der Waals surface area contributed by atoms with Gasteiger partial charge < -0.3 is 24.8 Å². The van der Waals surface area contributed by atoms with Gasteiger partial charge in [0.15, 0.2) is 16.6 Å². The summed E-state index contributed by atoms with van der Waals surface area (Å²) in [5, 5.41) is 6.83. The Balaban J connectivity index is 1.73. The van der Waals surface area contributed by atoms with Gasteiger partial charge in [0.25, 0.3) is 0 Å². The summed E-state index contributed by atoms with van der Waals surface area (Å²) in [5.41, 5.74) is 0.881. The Morgan fingerprint density at radius 3 is 3.05 bits per heavy atom. The average molecular weight is 282 g/mol. The number of hydrogen-bond acceptors (Lipinski definition) is 4. The van der Waals surface area contributed by atoms with Crippen LogP contribution in [-0.2, 0) is 4.74 Å². The number of benzene rings is 1. The lowest BCUT2D eigenvalue weighted by molar-refractivity contribution is 0.146. The largest absolute Gasteiger partial charge is 0.454 e. The van der Waals surface area contributed by atoms with E-state index in [0.29, 0.717) is 5.11 Å². The number of thiocarbonyl (C=S) groups is 1. The summed E-state index contributed by atoms with van der Waals surface area (Å²) in [5.74, 6) is 1.50. The molecule has 2 N–H and O–H groups in total. The van der Waals surface area contributed by atoms with E-state index in [9.17, 15) is 0 Å². The highest BCUT2D eigenvalue weighted by Crippen LogP contribution is 2.34. The molecule has 1 aliphatic rings. The van der Waals surface area contributed by atoms with Crippen molar-refractivity contribution in [3.05, 3.63) is 18.2 Å². The number of rotatable bonds is 6. The van der Waals surface area contributed by atoms with Crippen LogP contribution >= 0.6 is 12.2 Å². The number of nitrogens with one attached hydrogen (secondary N) is 2. The van der Waals surface area contributed by atoms with Gasteiger partial charge in [-0.3, -0.25) is 0 Å². The Hall–Kier alpha value is -1.53. The summed E-state index contributed by atoms with van der Waals surface area (Å²) in [6, 6.07) is 5.64. The number of fused-ring (bicyclic) bond motifs is 1. The van der Waals surface area contributed by atoms with Crippen molar-refractivity contribution in [1.29, 1.82) is 0 Å². The minimum Gasteiger partial charge on any atom is -0.454 e. The van der Waals surface area contributed by atoms with Gasteiger partial charge in [0.1, 0.15) is 0 Å². The van der Waals surface area contributed by atoms with E-state index < -0.39 is 0 Å². The fourth-order valence-electron chi connectivity index (χ4n) is 1.67.